The van der Waals surface area contributed by atoms with E-state index in [1.165, 1.54) is 0 Å². The van der Waals surface area contributed by atoms with Crippen LogP contribution in [0.5, 0.6) is 0 Å². The van der Waals surface area contributed by atoms with Crippen molar-refractivity contribution in [3.63, 3.8) is 0 Å². The molecule has 24 heavy (non-hydrogen) atoms. The fraction of sp³-hybridized carbons (Fsp3) is 0.615. The van der Waals surface area contributed by atoms with Gasteiger partial charge in [0.05, 0.1) is 19.5 Å². The highest BCUT2D eigenvalue weighted by Gasteiger charge is 2.26. The molecule has 3 amide bonds. The van der Waals surface area contributed by atoms with Gasteiger partial charge in [0, 0.05) is 0 Å². The van der Waals surface area contributed by atoms with Crippen LogP contribution < -0.4 is 21.7 Å². The number of carbonyl (C=O) groups is 5. The molecule has 11 nitrogen and oxygen atoms in total. The van der Waals surface area contributed by atoms with E-state index in [9.17, 15) is 24.0 Å². The first kappa shape index (κ1) is 21.3. The number of nitrogens with one attached hydrogen (secondary N) is 3. The normalized spacial score (nSPS) is 12.8. The first-order chi connectivity index (χ1) is 11.1. The Bertz CT molecular complexity index is 507. The number of hydrogen-bond donors (Lipinski definition) is 6. The Balaban J connectivity index is 4.60. The van der Waals surface area contributed by atoms with Crippen molar-refractivity contribution in [2.45, 2.75) is 32.4 Å². The number of amides is 3. The van der Waals surface area contributed by atoms with E-state index in [0.717, 1.165) is 0 Å². The molecule has 136 valence electrons. The van der Waals surface area contributed by atoms with Gasteiger partial charge in [0.2, 0.25) is 17.7 Å². The monoisotopic (exact) mass is 346 g/mol. The fourth-order valence-corrected chi connectivity index (χ4v) is 1.66. The Hall–Kier alpha value is -2.69. The predicted octanol–water partition coefficient (Wildman–Crippen LogP) is -2.75. The van der Waals surface area contributed by atoms with Gasteiger partial charge in [-0.2, -0.15) is 0 Å². The number of carboxylic acids is 2. The molecule has 0 aliphatic rings. The zero-order valence-electron chi connectivity index (χ0n) is 13.4. The van der Waals surface area contributed by atoms with Crippen molar-refractivity contribution < 1.29 is 34.2 Å². The van der Waals surface area contributed by atoms with Gasteiger partial charge < -0.3 is 31.9 Å². The van der Waals surface area contributed by atoms with Crippen LogP contribution in [0.4, 0.5) is 0 Å². The maximum atomic E-state index is 12.0. The molecule has 0 aliphatic carbocycles. The Labute approximate surface area is 138 Å². The Kier molecular flexibility index (Phi) is 9.02. The van der Waals surface area contributed by atoms with Crippen LogP contribution in [0, 0.1) is 5.92 Å². The van der Waals surface area contributed by atoms with Gasteiger partial charge in [-0.25, -0.2) is 4.79 Å². The minimum atomic E-state index is -1.61. The lowest BCUT2D eigenvalue weighted by Gasteiger charge is -2.21. The molecular formula is C13H22N4O7. The molecule has 0 saturated heterocycles. The van der Waals surface area contributed by atoms with Crippen molar-refractivity contribution in [2.24, 2.45) is 11.7 Å². The van der Waals surface area contributed by atoms with Crippen LogP contribution in [0.25, 0.3) is 0 Å². The van der Waals surface area contributed by atoms with Crippen molar-refractivity contribution >= 4 is 29.7 Å². The summed E-state index contributed by atoms with van der Waals surface area (Å²) in [5.41, 5.74) is 5.15. The number of carbonyl (C=O) groups excluding carboxylic acids is 3. The number of aliphatic carboxylic acids is 2. The van der Waals surface area contributed by atoms with Gasteiger partial charge in [0.1, 0.15) is 12.1 Å². The molecule has 0 rings (SSSR count). The maximum absolute atomic E-state index is 12.0. The number of hydrogen-bond acceptors (Lipinski definition) is 6. The van der Waals surface area contributed by atoms with Crippen LogP contribution in [-0.2, 0) is 24.0 Å². The van der Waals surface area contributed by atoms with E-state index in [-0.39, 0.29) is 12.5 Å². The topological polar surface area (TPSA) is 188 Å². The van der Waals surface area contributed by atoms with E-state index in [0.29, 0.717) is 0 Å². The van der Waals surface area contributed by atoms with Gasteiger partial charge in [-0.15, -0.1) is 0 Å². The van der Waals surface area contributed by atoms with Crippen LogP contribution >= 0.6 is 0 Å². The lowest BCUT2D eigenvalue weighted by Crippen LogP contribution is -2.53. The van der Waals surface area contributed by atoms with Crippen molar-refractivity contribution in [1.29, 1.82) is 0 Å². The van der Waals surface area contributed by atoms with Crippen molar-refractivity contribution in [1.82, 2.24) is 16.0 Å². The highest BCUT2D eigenvalue weighted by atomic mass is 16.4. The molecule has 2 atom stereocenters. The summed E-state index contributed by atoms with van der Waals surface area (Å²) in [5.74, 6) is -5.23. The molecule has 0 fully saturated rings. The van der Waals surface area contributed by atoms with E-state index in [4.69, 9.17) is 15.9 Å². The Morgan fingerprint density at radius 3 is 2.00 bits per heavy atom. The number of nitrogens with two attached hydrogens (primary N) is 1. The minimum absolute atomic E-state index is 0.276. The summed E-state index contributed by atoms with van der Waals surface area (Å²) in [4.78, 5) is 56.2. The van der Waals surface area contributed by atoms with E-state index < -0.39 is 54.7 Å². The zero-order chi connectivity index (χ0) is 18.9. The van der Waals surface area contributed by atoms with Crippen LogP contribution in [0.1, 0.15) is 20.3 Å². The molecule has 0 radical (unpaired) electrons. The van der Waals surface area contributed by atoms with Gasteiger partial charge in [0.25, 0.3) is 0 Å². The largest absolute Gasteiger partial charge is 0.481 e. The average molecular weight is 346 g/mol. The lowest BCUT2D eigenvalue weighted by atomic mass is 10.0. The third-order valence-corrected chi connectivity index (χ3v) is 2.89. The van der Waals surface area contributed by atoms with Crippen molar-refractivity contribution in [3.05, 3.63) is 0 Å². The van der Waals surface area contributed by atoms with Gasteiger partial charge in [-0.1, -0.05) is 13.8 Å². The fourth-order valence-electron chi connectivity index (χ4n) is 1.66. The molecule has 0 spiro atoms. The zero-order valence-corrected chi connectivity index (χ0v) is 13.4. The highest BCUT2D eigenvalue weighted by molar-refractivity contribution is 5.92. The summed E-state index contributed by atoms with van der Waals surface area (Å²) in [6, 6.07) is -2.52. The van der Waals surface area contributed by atoms with E-state index in [1.807, 2.05) is 5.32 Å². The summed E-state index contributed by atoms with van der Waals surface area (Å²) in [6.07, 6.45) is -0.795. The molecule has 7 N–H and O–H groups in total. The molecule has 2 unspecified atom stereocenters. The van der Waals surface area contributed by atoms with Gasteiger partial charge in [-0.3, -0.25) is 19.2 Å². The van der Waals surface area contributed by atoms with E-state index in [1.54, 1.807) is 13.8 Å². The second kappa shape index (κ2) is 10.2. The average Bonchev–Trinajstić information content (AvgIpc) is 2.48. The van der Waals surface area contributed by atoms with Gasteiger partial charge in [-0.05, 0) is 5.92 Å². The van der Waals surface area contributed by atoms with Crippen LogP contribution in [-0.4, -0.2) is 65.0 Å². The van der Waals surface area contributed by atoms with E-state index in [2.05, 4.69) is 10.6 Å². The molecule has 0 aromatic rings. The van der Waals surface area contributed by atoms with Crippen LogP contribution in [0.2, 0.25) is 0 Å². The second-order valence-corrected chi connectivity index (χ2v) is 5.27. The SMILES string of the molecule is CC(C)C(NC(=O)CN)C(=O)NCC(=O)NC(CC(=O)O)C(=O)O. The minimum Gasteiger partial charge on any atom is -0.481 e. The third kappa shape index (κ3) is 8.08. The molecule has 11 heteroatoms. The summed E-state index contributed by atoms with van der Waals surface area (Å²) in [7, 11) is 0. The van der Waals surface area contributed by atoms with Crippen molar-refractivity contribution in [3.8, 4) is 0 Å². The first-order valence-electron chi connectivity index (χ1n) is 7.09. The highest BCUT2D eigenvalue weighted by Crippen LogP contribution is 2.01. The molecule has 0 aliphatic heterocycles. The maximum Gasteiger partial charge on any atom is 0.326 e. The standard InChI is InChI=1S/C13H22N4O7/c1-6(2)11(17-8(18)4-14)12(22)15-5-9(19)16-7(13(23)24)3-10(20)21/h6-7,11H,3-5,14H2,1-2H3,(H,15,22)(H,16,19)(H,17,18)(H,20,21)(H,23,24). The molecule has 0 aromatic heterocycles. The summed E-state index contributed by atoms with van der Waals surface area (Å²) in [5, 5.41) is 24.0. The third-order valence-electron chi connectivity index (χ3n) is 2.89. The molecular weight excluding hydrogens is 324 g/mol. The molecule has 0 bridgehead atoms. The number of carboxylic acid groups (broad SMARTS) is 2. The Morgan fingerprint density at radius 2 is 1.58 bits per heavy atom. The quantitative estimate of drug-likeness (QED) is 0.245. The Morgan fingerprint density at radius 1 is 1.00 bits per heavy atom. The summed E-state index contributed by atoms with van der Waals surface area (Å²) in [6.45, 7) is 2.49. The van der Waals surface area contributed by atoms with Crippen LogP contribution in [0.3, 0.4) is 0 Å². The summed E-state index contributed by atoms with van der Waals surface area (Å²) >= 11 is 0. The molecule has 0 heterocycles. The van der Waals surface area contributed by atoms with Crippen LogP contribution in [0.15, 0.2) is 0 Å². The van der Waals surface area contributed by atoms with Crippen molar-refractivity contribution in [2.75, 3.05) is 13.1 Å². The predicted molar refractivity (Wildman–Crippen MR) is 80.7 cm³/mol. The first-order valence-corrected chi connectivity index (χ1v) is 7.09. The summed E-state index contributed by atoms with van der Waals surface area (Å²) < 4.78 is 0. The number of rotatable bonds is 10. The van der Waals surface area contributed by atoms with Gasteiger partial charge in [0.15, 0.2) is 0 Å². The molecule has 0 aromatic carbocycles. The smallest absolute Gasteiger partial charge is 0.326 e. The lowest BCUT2D eigenvalue weighted by molar-refractivity contribution is -0.147. The molecule has 0 saturated carbocycles. The second-order valence-electron chi connectivity index (χ2n) is 5.27. The van der Waals surface area contributed by atoms with Gasteiger partial charge >= 0.3 is 11.9 Å². The van der Waals surface area contributed by atoms with E-state index >= 15 is 0 Å².